The van der Waals surface area contributed by atoms with Gasteiger partial charge in [-0.2, -0.15) is 0 Å². The lowest BCUT2D eigenvalue weighted by molar-refractivity contribution is -0.123. The van der Waals surface area contributed by atoms with Gasteiger partial charge in [-0.3, -0.25) is 4.79 Å². The molecular weight excluding hydrogens is 180 g/mol. The first-order valence-electron chi connectivity index (χ1n) is 4.36. The third-order valence-corrected chi connectivity index (χ3v) is 2.01. The second kappa shape index (κ2) is 4.11. The number of benzene rings is 1. The number of anilines is 2. The summed E-state index contributed by atoms with van der Waals surface area (Å²) in [4.78, 5) is 11.2. The van der Waals surface area contributed by atoms with Gasteiger partial charge in [0.15, 0.2) is 0 Å². The molecule has 1 aromatic carbocycles. The predicted octanol–water partition coefficient (Wildman–Crippen LogP) is 0.897. The van der Waals surface area contributed by atoms with Crippen molar-refractivity contribution in [3.63, 3.8) is 0 Å². The van der Waals surface area contributed by atoms with Crippen LogP contribution in [0.5, 0.6) is 0 Å². The number of rotatable bonds is 2. The number of amides is 1. The van der Waals surface area contributed by atoms with Crippen LogP contribution in [0.2, 0.25) is 0 Å². The molecule has 0 heterocycles. The maximum Gasteiger partial charge on any atom is 0.252 e. The van der Waals surface area contributed by atoms with E-state index in [4.69, 9.17) is 10.8 Å². The third-order valence-electron chi connectivity index (χ3n) is 2.01. The number of nitrogens with one attached hydrogen (secondary N) is 1. The van der Waals surface area contributed by atoms with E-state index in [0.29, 0.717) is 11.4 Å². The molecule has 1 rings (SSSR count). The molecule has 76 valence electrons. The molecule has 14 heavy (non-hydrogen) atoms. The average molecular weight is 194 g/mol. The molecule has 0 aliphatic carbocycles. The summed E-state index contributed by atoms with van der Waals surface area (Å²) in [5.41, 5.74) is 7.72. The number of aliphatic hydroxyl groups is 1. The highest BCUT2D eigenvalue weighted by Crippen LogP contribution is 2.20. The van der Waals surface area contributed by atoms with Crippen LogP contribution in [0, 0.1) is 6.92 Å². The molecule has 0 spiro atoms. The van der Waals surface area contributed by atoms with Gasteiger partial charge in [0.05, 0.1) is 0 Å². The summed E-state index contributed by atoms with van der Waals surface area (Å²) < 4.78 is 0. The fraction of sp³-hybridized carbons (Fsp3) is 0.300. The van der Waals surface area contributed by atoms with Crippen molar-refractivity contribution in [2.45, 2.75) is 20.0 Å². The molecule has 0 bridgehead atoms. The molecule has 4 heteroatoms. The van der Waals surface area contributed by atoms with Gasteiger partial charge in [0.2, 0.25) is 0 Å². The fourth-order valence-electron chi connectivity index (χ4n) is 1.03. The molecule has 0 aromatic heterocycles. The first-order chi connectivity index (χ1) is 6.52. The Bertz CT molecular complexity index is 348. The zero-order valence-electron chi connectivity index (χ0n) is 8.24. The smallest absolute Gasteiger partial charge is 0.252 e. The summed E-state index contributed by atoms with van der Waals surface area (Å²) in [5, 5.41) is 11.6. The van der Waals surface area contributed by atoms with Crippen LogP contribution in [0.15, 0.2) is 18.2 Å². The number of aliphatic hydroxyl groups excluding tert-OH is 1. The molecule has 1 aromatic rings. The lowest BCUT2D eigenvalue weighted by Gasteiger charge is -2.10. The van der Waals surface area contributed by atoms with Crippen molar-refractivity contribution in [1.29, 1.82) is 0 Å². The van der Waals surface area contributed by atoms with Crippen molar-refractivity contribution in [3.8, 4) is 0 Å². The van der Waals surface area contributed by atoms with Gasteiger partial charge < -0.3 is 16.2 Å². The topological polar surface area (TPSA) is 75.3 Å². The Hall–Kier alpha value is -1.55. The van der Waals surface area contributed by atoms with Crippen LogP contribution in [-0.2, 0) is 4.79 Å². The molecule has 0 fully saturated rings. The third kappa shape index (κ3) is 2.23. The molecule has 1 atom stereocenters. The number of carbonyl (C=O) groups is 1. The van der Waals surface area contributed by atoms with Crippen LogP contribution in [0.25, 0.3) is 0 Å². The molecule has 4 nitrogen and oxygen atoms in total. The molecule has 4 N–H and O–H groups in total. The number of hydrogen-bond donors (Lipinski definition) is 3. The van der Waals surface area contributed by atoms with Crippen molar-refractivity contribution in [2.75, 3.05) is 11.1 Å². The summed E-state index contributed by atoms with van der Waals surface area (Å²) in [5.74, 6) is -0.432. The van der Waals surface area contributed by atoms with E-state index in [1.54, 1.807) is 18.2 Å². The van der Waals surface area contributed by atoms with Gasteiger partial charge in [0.1, 0.15) is 6.10 Å². The number of hydrogen-bond acceptors (Lipinski definition) is 3. The minimum absolute atomic E-state index is 0.432. The Kier molecular flexibility index (Phi) is 3.09. The first kappa shape index (κ1) is 10.5. The van der Waals surface area contributed by atoms with E-state index >= 15 is 0 Å². The van der Waals surface area contributed by atoms with Gasteiger partial charge in [0, 0.05) is 11.4 Å². The SMILES string of the molecule is Cc1c(N)cccc1NC(=O)C(C)O. The number of nitrogen functional groups attached to an aromatic ring is 1. The van der Waals surface area contributed by atoms with Crippen molar-refractivity contribution < 1.29 is 9.90 Å². The highest BCUT2D eigenvalue weighted by atomic mass is 16.3. The number of nitrogens with two attached hydrogens (primary N) is 1. The van der Waals surface area contributed by atoms with E-state index in [9.17, 15) is 4.79 Å². The van der Waals surface area contributed by atoms with E-state index in [1.807, 2.05) is 6.92 Å². The molecule has 1 unspecified atom stereocenters. The van der Waals surface area contributed by atoms with E-state index in [0.717, 1.165) is 5.56 Å². The largest absolute Gasteiger partial charge is 0.398 e. The fourth-order valence-corrected chi connectivity index (χ4v) is 1.03. The van der Waals surface area contributed by atoms with Gasteiger partial charge in [-0.05, 0) is 31.5 Å². The van der Waals surface area contributed by atoms with Crippen LogP contribution in [0.4, 0.5) is 11.4 Å². The minimum Gasteiger partial charge on any atom is -0.398 e. The van der Waals surface area contributed by atoms with Crippen molar-refractivity contribution >= 4 is 17.3 Å². The van der Waals surface area contributed by atoms with Gasteiger partial charge >= 0.3 is 0 Å². The molecule has 0 aliphatic heterocycles. The van der Waals surface area contributed by atoms with Crippen LogP contribution < -0.4 is 11.1 Å². The Morgan fingerprint density at radius 2 is 2.21 bits per heavy atom. The second-order valence-electron chi connectivity index (χ2n) is 3.19. The minimum atomic E-state index is -1.02. The standard InChI is InChI=1S/C10H14N2O2/c1-6-8(11)4-3-5-9(6)12-10(14)7(2)13/h3-5,7,13H,11H2,1-2H3,(H,12,14). The summed E-state index contributed by atoms with van der Waals surface area (Å²) in [6.07, 6.45) is -1.02. The van der Waals surface area contributed by atoms with Gasteiger partial charge in [-0.25, -0.2) is 0 Å². The zero-order chi connectivity index (χ0) is 10.7. The summed E-state index contributed by atoms with van der Waals surface area (Å²) in [7, 11) is 0. The van der Waals surface area contributed by atoms with Gasteiger partial charge in [-0.15, -0.1) is 0 Å². The quantitative estimate of drug-likeness (QED) is 0.612. The number of carbonyl (C=O) groups excluding carboxylic acids is 1. The molecule has 0 saturated heterocycles. The normalized spacial score (nSPS) is 12.2. The summed E-state index contributed by atoms with van der Waals surface area (Å²) >= 11 is 0. The van der Waals surface area contributed by atoms with Crippen molar-refractivity contribution in [3.05, 3.63) is 23.8 Å². The van der Waals surface area contributed by atoms with Crippen LogP contribution in [0.3, 0.4) is 0 Å². The average Bonchev–Trinajstić information content (AvgIpc) is 2.12. The van der Waals surface area contributed by atoms with E-state index in [2.05, 4.69) is 5.32 Å². The maximum atomic E-state index is 11.2. The van der Waals surface area contributed by atoms with Gasteiger partial charge in [-0.1, -0.05) is 6.07 Å². The molecule has 1 amide bonds. The molecular formula is C10H14N2O2. The van der Waals surface area contributed by atoms with E-state index in [1.165, 1.54) is 6.92 Å². The van der Waals surface area contributed by atoms with Crippen molar-refractivity contribution in [1.82, 2.24) is 0 Å². The second-order valence-corrected chi connectivity index (χ2v) is 3.19. The Balaban J connectivity index is 2.87. The molecule has 0 aliphatic rings. The van der Waals surface area contributed by atoms with Crippen molar-refractivity contribution in [2.24, 2.45) is 0 Å². The predicted molar refractivity (Wildman–Crippen MR) is 55.9 cm³/mol. The molecule has 0 radical (unpaired) electrons. The monoisotopic (exact) mass is 194 g/mol. The Morgan fingerprint density at radius 3 is 2.79 bits per heavy atom. The zero-order valence-corrected chi connectivity index (χ0v) is 8.24. The summed E-state index contributed by atoms with van der Waals surface area (Å²) in [6.45, 7) is 3.23. The highest BCUT2D eigenvalue weighted by molar-refractivity contribution is 5.94. The van der Waals surface area contributed by atoms with Crippen LogP contribution >= 0.6 is 0 Å². The lowest BCUT2D eigenvalue weighted by Crippen LogP contribution is -2.24. The van der Waals surface area contributed by atoms with Gasteiger partial charge in [0.25, 0.3) is 5.91 Å². The summed E-state index contributed by atoms with van der Waals surface area (Å²) in [6, 6.07) is 5.25. The van der Waals surface area contributed by atoms with E-state index < -0.39 is 12.0 Å². The van der Waals surface area contributed by atoms with Crippen LogP contribution in [0.1, 0.15) is 12.5 Å². The van der Waals surface area contributed by atoms with Crippen LogP contribution in [-0.4, -0.2) is 17.1 Å². The highest BCUT2D eigenvalue weighted by Gasteiger charge is 2.10. The first-order valence-corrected chi connectivity index (χ1v) is 4.36. The Labute approximate surface area is 82.7 Å². The Morgan fingerprint density at radius 1 is 1.57 bits per heavy atom. The maximum absolute atomic E-state index is 11.2. The molecule has 0 saturated carbocycles. The lowest BCUT2D eigenvalue weighted by atomic mass is 10.1. The van der Waals surface area contributed by atoms with E-state index in [-0.39, 0.29) is 0 Å².